The zero-order valence-electron chi connectivity index (χ0n) is 12.1. The first-order valence-electron chi connectivity index (χ1n) is 6.71. The number of piperazine rings is 1. The molecule has 0 bridgehead atoms. The molecule has 4 N–H and O–H groups in total. The van der Waals surface area contributed by atoms with E-state index in [1.165, 1.54) is 0 Å². The number of fused-ring (bicyclic) bond motifs is 1. The molecule has 0 aliphatic carbocycles. The van der Waals surface area contributed by atoms with Gasteiger partial charge in [-0.2, -0.15) is 4.90 Å². The summed E-state index contributed by atoms with van der Waals surface area (Å²) in [6.07, 6.45) is -1.00. The van der Waals surface area contributed by atoms with Gasteiger partial charge in [0, 0.05) is 6.54 Å². The van der Waals surface area contributed by atoms with Crippen molar-refractivity contribution >= 4 is 23.7 Å². The highest BCUT2D eigenvalue weighted by Crippen LogP contribution is 2.27. The molecule has 1 aromatic rings. The second-order valence-electron chi connectivity index (χ2n) is 5.18. The molecular formula is C12H16N6O4. The van der Waals surface area contributed by atoms with Gasteiger partial charge in [0.2, 0.25) is 0 Å². The monoisotopic (exact) mass is 308 g/mol. The van der Waals surface area contributed by atoms with Crippen molar-refractivity contribution in [2.24, 2.45) is 0 Å². The van der Waals surface area contributed by atoms with Crippen molar-refractivity contribution in [3.8, 4) is 0 Å². The van der Waals surface area contributed by atoms with Crippen molar-refractivity contribution in [3.05, 3.63) is 11.5 Å². The largest absolute Gasteiger partial charge is 0.452 e. The van der Waals surface area contributed by atoms with E-state index in [1.54, 1.807) is 6.92 Å². The Bertz CT molecular complexity index is 625. The van der Waals surface area contributed by atoms with Crippen molar-refractivity contribution in [2.75, 3.05) is 25.6 Å². The number of aromatic amines is 1. The van der Waals surface area contributed by atoms with Crippen LogP contribution in [0.4, 0.5) is 10.6 Å². The van der Waals surface area contributed by atoms with Gasteiger partial charge in [0.05, 0.1) is 26.0 Å². The van der Waals surface area contributed by atoms with Crippen molar-refractivity contribution in [2.45, 2.75) is 19.0 Å². The van der Waals surface area contributed by atoms with E-state index < -0.39 is 23.4 Å². The Kier molecular flexibility index (Phi) is 3.34. The molecule has 2 aliphatic rings. The molecule has 118 valence electrons. The van der Waals surface area contributed by atoms with Crippen molar-refractivity contribution in [1.29, 1.82) is 0 Å². The average molecular weight is 308 g/mol. The summed E-state index contributed by atoms with van der Waals surface area (Å²) in [6, 6.07) is 0. The summed E-state index contributed by atoms with van der Waals surface area (Å²) >= 11 is 0. The predicted molar refractivity (Wildman–Crippen MR) is 73.5 cm³/mol. The van der Waals surface area contributed by atoms with Gasteiger partial charge in [-0.05, 0) is 6.92 Å². The number of nitrogens with one attached hydrogen (secondary N) is 4. The molecule has 10 nitrogen and oxygen atoms in total. The van der Waals surface area contributed by atoms with Gasteiger partial charge in [-0.25, -0.2) is 9.78 Å². The molecule has 1 unspecified atom stereocenters. The van der Waals surface area contributed by atoms with Crippen LogP contribution in [-0.2, 0) is 26.4 Å². The van der Waals surface area contributed by atoms with Gasteiger partial charge in [0.1, 0.15) is 11.6 Å². The van der Waals surface area contributed by atoms with Gasteiger partial charge < -0.3 is 15.0 Å². The normalized spacial score (nSPS) is 24.7. The summed E-state index contributed by atoms with van der Waals surface area (Å²) in [5, 5.41) is 8.98. The zero-order chi connectivity index (χ0) is 15.9. The third kappa shape index (κ3) is 2.04. The van der Waals surface area contributed by atoms with Crippen LogP contribution in [0, 0.1) is 0 Å². The van der Waals surface area contributed by atoms with E-state index in [0.29, 0.717) is 29.8 Å². The number of nitrogens with zero attached hydrogens (tertiary/aromatic N) is 2. The quantitative estimate of drug-likeness (QED) is 0.477. The van der Waals surface area contributed by atoms with Crippen LogP contribution < -0.4 is 16.0 Å². The Morgan fingerprint density at radius 3 is 2.82 bits per heavy atom. The third-order valence-electron chi connectivity index (χ3n) is 3.77. The summed E-state index contributed by atoms with van der Waals surface area (Å²) < 4.78 is 4.51. The molecule has 1 aromatic heterocycles. The fraction of sp³-hybridized carbons (Fsp3) is 0.500. The summed E-state index contributed by atoms with van der Waals surface area (Å²) in [5.41, 5.74) is -0.514. The number of anilines is 1. The molecule has 3 heterocycles. The number of aromatic nitrogens is 2. The number of H-pyrrole nitrogens is 1. The molecule has 1 atom stereocenters. The number of rotatable bonds is 1. The number of carbonyl (C=O) groups is 3. The van der Waals surface area contributed by atoms with Gasteiger partial charge in [0.15, 0.2) is 5.54 Å². The summed E-state index contributed by atoms with van der Waals surface area (Å²) in [6.45, 7) is 2.55. The van der Waals surface area contributed by atoms with Crippen molar-refractivity contribution < 1.29 is 19.1 Å². The molecule has 3 amide bonds. The predicted octanol–water partition coefficient (Wildman–Crippen LogP) is -1.18. The molecule has 0 aromatic carbocycles. The number of carbonyl (C=O) groups excluding carboxylic acids is 3. The third-order valence-corrected chi connectivity index (χ3v) is 3.77. The maximum atomic E-state index is 12.6. The van der Waals surface area contributed by atoms with Crippen molar-refractivity contribution in [3.63, 3.8) is 0 Å². The zero-order valence-corrected chi connectivity index (χ0v) is 12.1. The molecule has 1 fully saturated rings. The lowest BCUT2D eigenvalue weighted by Crippen LogP contribution is -2.64. The SMILES string of the molecule is COC(=O)N1C(=O)CNC(C)(c2nc3c([nH]2)CNCN3)C1=O. The van der Waals surface area contributed by atoms with Crippen LogP contribution in [0.5, 0.6) is 0 Å². The highest BCUT2D eigenvalue weighted by molar-refractivity contribution is 6.13. The molecule has 10 heteroatoms. The molecular weight excluding hydrogens is 292 g/mol. The summed E-state index contributed by atoms with van der Waals surface area (Å²) in [5.74, 6) is -0.411. The van der Waals surface area contributed by atoms with Crippen LogP contribution >= 0.6 is 0 Å². The van der Waals surface area contributed by atoms with Crippen LogP contribution in [-0.4, -0.2) is 53.1 Å². The molecule has 0 radical (unpaired) electrons. The number of amides is 3. The number of methoxy groups -OCH3 is 1. The van der Waals surface area contributed by atoms with E-state index in [0.717, 1.165) is 12.8 Å². The van der Waals surface area contributed by atoms with E-state index in [1.807, 2.05) is 0 Å². The lowest BCUT2D eigenvalue weighted by molar-refractivity contribution is -0.150. The Morgan fingerprint density at radius 2 is 2.14 bits per heavy atom. The minimum Gasteiger partial charge on any atom is -0.452 e. The first kappa shape index (κ1) is 14.5. The molecule has 0 saturated carbocycles. The summed E-state index contributed by atoms with van der Waals surface area (Å²) in [7, 11) is 1.11. The van der Waals surface area contributed by atoms with E-state index >= 15 is 0 Å². The second-order valence-corrected chi connectivity index (χ2v) is 5.18. The maximum absolute atomic E-state index is 12.6. The Labute approximate surface area is 125 Å². The van der Waals surface area contributed by atoms with Gasteiger partial charge in [-0.3, -0.25) is 20.2 Å². The fourth-order valence-electron chi connectivity index (χ4n) is 2.46. The Morgan fingerprint density at radius 1 is 1.36 bits per heavy atom. The van der Waals surface area contributed by atoms with Crippen LogP contribution in [0.1, 0.15) is 18.4 Å². The number of hydrogen-bond donors (Lipinski definition) is 4. The van der Waals surface area contributed by atoms with Crippen molar-refractivity contribution in [1.82, 2.24) is 25.5 Å². The molecule has 22 heavy (non-hydrogen) atoms. The number of imidazole rings is 1. The van der Waals surface area contributed by atoms with E-state index in [4.69, 9.17) is 0 Å². The lowest BCUT2D eigenvalue weighted by Gasteiger charge is -2.35. The number of ether oxygens (including phenoxy) is 1. The average Bonchev–Trinajstić information content (AvgIpc) is 2.96. The van der Waals surface area contributed by atoms with Crippen LogP contribution in [0.2, 0.25) is 0 Å². The van der Waals surface area contributed by atoms with E-state index in [2.05, 4.69) is 30.7 Å². The van der Waals surface area contributed by atoms with E-state index in [9.17, 15) is 14.4 Å². The first-order chi connectivity index (χ1) is 10.5. The van der Waals surface area contributed by atoms with Gasteiger partial charge >= 0.3 is 6.09 Å². The lowest BCUT2D eigenvalue weighted by atomic mass is 9.97. The molecule has 3 rings (SSSR count). The van der Waals surface area contributed by atoms with E-state index in [-0.39, 0.29) is 6.54 Å². The molecule has 1 saturated heterocycles. The van der Waals surface area contributed by atoms with Gasteiger partial charge in [0.25, 0.3) is 11.8 Å². The topological polar surface area (TPSA) is 128 Å². The molecule has 2 aliphatic heterocycles. The van der Waals surface area contributed by atoms with Crippen LogP contribution in [0.15, 0.2) is 0 Å². The second kappa shape index (κ2) is 5.07. The first-order valence-corrected chi connectivity index (χ1v) is 6.71. The smallest absolute Gasteiger partial charge is 0.423 e. The Hall–Kier alpha value is -2.46. The number of hydrogen-bond acceptors (Lipinski definition) is 8. The minimum atomic E-state index is -1.32. The highest BCUT2D eigenvalue weighted by atomic mass is 16.5. The van der Waals surface area contributed by atoms with Gasteiger partial charge in [-0.1, -0.05) is 0 Å². The minimum absolute atomic E-state index is 0.172. The number of imide groups is 3. The fourth-order valence-corrected chi connectivity index (χ4v) is 2.46. The maximum Gasteiger partial charge on any atom is 0.423 e. The van der Waals surface area contributed by atoms with Crippen LogP contribution in [0.25, 0.3) is 0 Å². The highest BCUT2D eigenvalue weighted by Gasteiger charge is 2.50. The Balaban J connectivity index is 1.97. The van der Waals surface area contributed by atoms with Crippen LogP contribution in [0.3, 0.4) is 0 Å². The van der Waals surface area contributed by atoms with Gasteiger partial charge in [-0.15, -0.1) is 0 Å². The standard InChI is InChI=1S/C12H16N6O4/c1-12(9-16-6-3-13-5-14-8(6)17-9)10(20)18(11(21)22-2)7(19)4-15-12/h13-15H,3-5H2,1-2H3,(H,16,17). The molecule has 0 spiro atoms. The summed E-state index contributed by atoms with van der Waals surface area (Å²) in [4.78, 5) is 44.0.